The van der Waals surface area contributed by atoms with Gasteiger partial charge in [-0.05, 0) is 33.2 Å². The lowest BCUT2D eigenvalue weighted by atomic mass is 10.1. The van der Waals surface area contributed by atoms with Crippen LogP contribution in [0.2, 0.25) is 0 Å². The van der Waals surface area contributed by atoms with Crippen LogP contribution in [0.1, 0.15) is 30.6 Å². The molecule has 0 atom stereocenters. The maximum Gasteiger partial charge on any atom is 0.340 e. The second kappa shape index (κ2) is 10.5. The number of anilines is 1. The van der Waals surface area contributed by atoms with E-state index in [0.717, 1.165) is 6.54 Å². The van der Waals surface area contributed by atoms with Crippen LogP contribution in [0, 0.1) is 0 Å². The average molecular weight is 349 g/mol. The molecule has 0 saturated heterocycles. The Morgan fingerprint density at radius 1 is 1.08 bits per heavy atom. The molecular weight excluding hydrogens is 322 g/mol. The van der Waals surface area contributed by atoms with Crippen LogP contribution in [0.15, 0.2) is 24.3 Å². The second-order valence-electron chi connectivity index (χ2n) is 5.87. The van der Waals surface area contributed by atoms with Gasteiger partial charge in [-0.15, -0.1) is 0 Å². The number of rotatable bonds is 9. The summed E-state index contributed by atoms with van der Waals surface area (Å²) in [5.74, 6) is -0.802. The molecule has 1 aromatic carbocycles. The minimum absolute atomic E-state index is 0.0680. The molecule has 2 amide bonds. The number of hydrogen-bond donors (Lipinski definition) is 1. The Hall–Kier alpha value is -2.41. The zero-order valence-electron chi connectivity index (χ0n) is 15.4. The van der Waals surface area contributed by atoms with Crippen LogP contribution in [0.5, 0.6) is 0 Å². The maximum absolute atomic E-state index is 12.2. The Kier molecular flexibility index (Phi) is 8.63. The molecule has 0 unspecified atom stereocenters. The highest BCUT2D eigenvalue weighted by atomic mass is 16.5. The fraction of sp³-hybridized carbons (Fsp3) is 0.500. The molecule has 0 aliphatic rings. The molecule has 0 saturated carbocycles. The number of hydrogen-bond acceptors (Lipinski definition) is 5. The van der Waals surface area contributed by atoms with Crippen molar-refractivity contribution < 1.29 is 19.1 Å². The lowest BCUT2D eigenvalue weighted by Gasteiger charge is -2.22. The minimum atomic E-state index is -0.477. The first-order chi connectivity index (χ1) is 11.8. The van der Waals surface area contributed by atoms with E-state index in [1.165, 1.54) is 6.92 Å². The van der Waals surface area contributed by atoms with E-state index in [2.05, 4.69) is 5.32 Å². The summed E-state index contributed by atoms with van der Waals surface area (Å²) >= 11 is 0. The number of likely N-dealkylation sites (N-methyl/N-ethyl adjacent to an activating group) is 1. The van der Waals surface area contributed by atoms with Crippen LogP contribution in [0.4, 0.5) is 5.69 Å². The number of esters is 1. The van der Waals surface area contributed by atoms with E-state index in [1.807, 2.05) is 19.0 Å². The monoisotopic (exact) mass is 349 g/mol. The van der Waals surface area contributed by atoms with E-state index in [9.17, 15) is 14.4 Å². The van der Waals surface area contributed by atoms with E-state index in [4.69, 9.17) is 4.74 Å². The number of amides is 2. The van der Waals surface area contributed by atoms with Gasteiger partial charge in [0.05, 0.1) is 17.9 Å². The molecule has 7 heteroatoms. The van der Waals surface area contributed by atoms with Crippen molar-refractivity contribution in [1.82, 2.24) is 9.80 Å². The van der Waals surface area contributed by atoms with Crippen LogP contribution in [-0.4, -0.2) is 67.9 Å². The summed E-state index contributed by atoms with van der Waals surface area (Å²) in [6, 6.07) is 6.70. The normalized spacial score (nSPS) is 10.4. The Bertz CT molecular complexity index is 602. The van der Waals surface area contributed by atoms with Crippen molar-refractivity contribution in [1.29, 1.82) is 0 Å². The van der Waals surface area contributed by atoms with Gasteiger partial charge in [0.1, 0.15) is 0 Å². The van der Waals surface area contributed by atoms with Crippen LogP contribution in [0.25, 0.3) is 0 Å². The van der Waals surface area contributed by atoms with Gasteiger partial charge in [-0.3, -0.25) is 9.59 Å². The third-order valence-electron chi connectivity index (χ3n) is 3.57. The molecule has 0 fully saturated rings. The van der Waals surface area contributed by atoms with Gasteiger partial charge >= 0.3 is 5.97 Å². The molecule has 0 spiro atoms. The fourth-order valence-corrected chi connectivity index (χ4v) is 2.18. The molecule has 0 aliphatic carbocycles. The third kappa shape index (κ3) is 7.34. The average Bonchev–Trinajstić information content (AvgIpc) is 2.54. The molecule has 0 aromatic heterocycles. The van der Waals surface area contributed by atoms with E-state index >= 15 is 0 Å². The molecule has 1 N–H and O–H groups in total. The highest BCUT2D eigenvalue weighted by Crippen LogP contribution is 2.16. The van der Waals surface area contributed by atoms with Gasteiger partial charge in [-0.1, -0.05) is 12.1 Å². The molecular formula is C18H27N3O4. The largest absolute Gasteiger partial charge is 0.462 e. The lowest BCUT2D eigenvalue weighted by Crippen LogP contribution is -2.37. The maximum atomic E-state index is 12.2. The number of para-hydroxylation sites is 1. The Labute approximate surface area is 148 Å². The van der Waals surface area contributed by atoms with Gasteiger partial charge in [-0.2, -0.15) is 0 Å². The summed E-state index contributed by atoms with van der Waals surface area (Å²) in [4.78, 5) is 39.4. The van der Waals surface area contributed by atoms with Crippen molar-refractivity contribution in [3.8, 4) is 0 Å². The Morgan fingerprint density at radius 2 is 1.76 bits per heavy atom. The predicted molar refractivity (Wildman–Crippen MR) is 96.5 cm³/mol. The van der Waals surface area contributed by atoms with E-state index < -0.39 is 5.97 Å². The summed E-state index contributed by atoms with van der Waals surface area (Å²) < 4.78 is 4.99. The highest BCUT2D eigenvalue weighted by molar-refractivity contribution is 6.01. The minimum Gasteiger partial charge on any atom is -0.462 e. The zero-order valence-corrected chi connectivity index (χ0v) is 15.4. The number of ether oxygens (including phenoxy) is 1. The van der Waals surface area contributed by atoms with Crippen LogP contribution >= 0.6 is 0 Å². The Morgan fingerprint density at radius 3 is 2.36 bits per heavy atom. The summed E-state index contributed by atoms with van der Waals surface area (Å²) in [5.41, 5.74) is 0.724. The van der Waals surface area contributed by atoms with Crippen LogP contribution in [0.3, 0.4) is 0 Å². The molecule has 25 heavy (non-hydrogen) atoms. The summed E-state index contributed by atoms with van der Waals surface area (Å²) in [7, 11) is 3.86. The molecule has 7 nitrogen and oxygen atoms in total. The van der Waals surface area contributed by atoms with Crippen molar-refractivity contribution in [2.75, 3.05) is 45.7 Å². The summed E-state index contributed by atoms with van der Waals surface area (Å²) in [5, 5.41) is 2.72. The van der Waals surface area contributed by atoms with Gasteiger partial charge in [0.2, 0.25) is 11.8 Å². The second-order valence-corrected chi connectivity index (χ2v) is 5.87. The topological polar surface area (TPSA) is 79.0 Å². The van der Waals surface area contributed by atoms with Gasteiger partial charge in [-0.25, -0.2) is 4.79 Å². The quantitative estimate of drug-likeness (QED) is 0.685. The summed E-state index contributed by atoms with van der Waals surface area (Å²) in [6.07, 6.45) is 0.157. The van der Waals surface area contributed by atoms with Crippen molar-refractivity contribution in [2.24, 2.45) is 0 Å². The van der Waals surface area contributed by atoms with Crippen molar-refractivity contribution >= 4 is 23.5 Å². The lowest BCUT2D eigenvalue weighted by molar-refractivity contribution is -0.129. The van der Waals surface area contributed by atoms with E-state index in [-0.39, 0.29) is 24.8 Å². The Balaban J connectivity index is 2.64. The van der Waals surface area contributed by atoms with Gasteiger partial charge in [0, 0.05) is 33.0 Å². The zero-order chi connectivity index (χ0) is 18.8. The van der Waals surface area contributed by atoms with Crippen molar-refractivity contribution in [3.05, 3.63) is 29.8 Å². The van der Waals surface area contributed by atoms with Crippen molar-refractivity contribution in [2.45, 2.75) is 20.3 Å². The van der Waals surface area contributed by atoms with Crippen molar-refractivity contribution in [3.63, 3.8) is 0 Å². The molecule has 1 aromatic rings. The van der Waals surface area contributed by atoms with Crippen LogP contribution < -0.4 is 5.32 Å². The van der Waals surface area contributed by atoms with Crippen LogP contribution in [-0.2, 0) is 14.3 Å². The van der Waals surface area contributed by atoms with E-state index in [0.29, 0.717) is 24.3 Å². The fourth-order valence-electron chi connectivity index (χ4n) is 2.18. The molecule has 138 valence electrons. The number of benzene rings is 1. The highest BCUT2D eigenvalue weighted by Gasteiger charge is 2.15. The first kappa shape index (κ1) is 20.6. The standard InChI is InChI=1S/C18H27N3O4/c1-5-25-18(24)15-8-6-7-9-16(15)19-17(23)10-11-21(14(2)22)13-12-20(3)4/h6-9H,5,10-13H2,1-4H3,(H,19,23). The number of nitrogens with zero attached hydrogens (tertiary/aromatic N) is 2. The van der Waals surface area contributed by atoms with Gasteiger partial charge in [0.15, 0.2) is 0 Å². The molecule has 0 heterocycles. The van der Waals surface area contributed by atoms with Gasteiger partial charge < -0.3 is 19.9 Å². The van der Waals surface area contributed by atoms with E-state index in [1.54, 1.807) is 36.1 Å². The third-order valence-corrected chi connectivity index (χ3v) is 3.57. The van der Waals surface area contributed by atoms with Gasteiger partial charge in [0.25, 0.3) is 0 Å². The first-order valence-corrected chi connectivity index (χ1v) is 8.31. The first-order valence-electron chi connectivity index (χ1n) is 8.31. The molecule has 1 rings (SSSR count). The number of nitrogens with one attached hydrogen (secondary N) is 1. The molecule has 0 bridgehead atoms. The number of carbonyl (C=O) groups is 3. The smallest absolute Gasteiger partial charge is 0.340 e. The SMILES string of the molecule is CCOC(=O)c1ccccc1NC(=O)CCN(CCN(C)C)C(C)=O. The predicted octanol–water partition coefficient (Wildman–Crippen LogP) is 1.60. The number of carbonyl (C=O) groups excluding carboxylic acids is 3. The molecule has 0 aliphatic heterocycles. The molecule has 0 radical (unpaired) electrons. The summed E-state index contributed by atoms with van der Waals surface area (Å²) in [6.45, 7) is 5.10.